The number of carbonyl (C=O) groups excluding carboxylic acids is 1. The average Bonchev–Trinajstić information content (AvgIpc) is 2.69. The monoisotopic (exact) mass is 396 g/mol. The first-order chi connectivity index (χ1) is 13.4. The molecule has 3 rings (SSSR count). The quantitative estimate of drug-likeness (QED) is 0.606. The number of nitrogens with one attached hydrogen (secondary N) is 2. The van der Waals surface area contributed by atoms with Crippen molar-refractivity contribution in [2.75, 3.05) is 17.1 Å². The smallest absolute Gasteiger partial charge is 0.337 e. The Morgan fingerprint density at radius 1 is 0.786 bits per heavy atom. The van der Waals surface area contributed by atoms with Gasteiger partial charge < -0.3 is 10.1 Å². The van der Waals surface area contributed by atoms with Crippen LogP contribution in [-0.2, 0) is 14.8 Å². The van der Waals surface area contributed by atoms with Crippen molar-refractivity contribution in [1.29, 1.82) is 0 Å². The largest absolute Gasteiger partial charge is 0.465 e. The molecule has 0 aliphatic carbocycles. The molecule has 0 unspecified atom stereocenters. The van der Waals surface area contributed by atoms with E-state index in [2.05, 4.69) is 14.8 Å². The summed E-state index contributed by atoms with van der Waals surface area (Å²) in [6, 6.07) is 20.4. The zero-order valence-electron chi connectivity index (χ0n) is 15.5. The van der Waals surface area contributed by atoms with E-state index in [9.17, 15) is 13.2 Å². The fraction of sp³-hybridized carbons (Fsp3) is 0.0952. The molecule has 144 valence electrons. The minimum atomic E-state index is -3.63. The van der Waals surface area contributed by atoms with E-state index < -0.39 is 16.0 Å². The molecule has 0 heterocycles. The van der Waals surface area contributed by atoms with Gasteiger partial charge >= 0.3 is 5.97 Å². The molecule has 0 fully saturated rings. The SMILES string of the molecule is COC(=O)c1ccc(Nc2ccc(NS(=O)(=O)c3ccc(C)cc3)cc2)cc1. The normalized spacial score (nSPS) is 10.9. The summed E-state index contributed by atoms with van der Waals surface area (Å²) >= 11 is 0. The molecule has 28 heavy (non-hydrogen) atoms. The van der Waals surface area contributed by atoms with Gasteiger partial charge in [0.15, 0.2) is 0 Å². The van der Waals surface area contributed by atoms with Crippen molar-refractivity contribution in [1.82, 2.24) is 0 Å². The van der Waals surface area contributed by atoms with E-state index in [1.807, 2.05) is 6.92 Å². The number of hydrogen-bond acceptors (Lipinski definition) is 5. The van der Waals surface area contributed by atoms with E-state index in [0.29, 0.717) is 11.3 Å². The second-order valence-corrected chi connectivity index (χ2v) is 7.87. The van der Waals surface area contributed by atoms with Crippen molar-refractivity contribution in [2.45, 2.75) is 11.8 Å². The van der Waals surface area contributed by atoms with Crippen LogP contribution in [0.25, 0.3) is 0 Å². The van der Waals surface area contributed by atoms with Crippen molar-refractivity contribution >= 4 is 33.1 Å². The fourth-order valence-corrected chi connectivity index (χ4v) is 3.59. The van der Waals surface area contributed by atoms with Crippen molar-refractivity contribution in [3.8, 4) is 0 Å². The van der Waals surface area contributed by atoms with Crippen LogP contribution in [0.2, 0.25) is 0 Å². The third kappa shape index (κ3) is 4.69. The molecule has 0 radical (unpaired) electrons. The van der Waals surface area contributed by atoms with Crippen molar-refractivity contribution in [3.63, 3.8) is 0 Å². The summed E-state index contributed by atoms with van der Waals surface area (Å²) in [5.74, 6) is -0.392. The number of sulfonamides is 1. The Morgan fingerprint density at radius 3 is 1.82 bits per heavy atom. The molecule has 0 saturated heterocycles. The lowest BCUT2D eigenvalue weighted by Gasteiger charge is -2.10. The first-order valence-corrected chi connectivity index (χ1v) is 10.0. The van der Waals surface area contributed by atoms with E-state index in [1.165, 1.54) is 7.11 Å². The minimum absolute atomic E-state index is 0.214. The number of aryl methyl sites for hydroxylation is 1. The molecule has 0 bridgehead atoms. The Hall–Kier alpha value is -3.32. The van der Waals surface area contributed by atoms with E-state index in [1.54, 1.807) is 72.8 Å². The number of ether oxygens (including phenoxy) is 1. The van der Waals surface area contributed by atoms with Crippen LogP contribution in [0.5, 0.6) is 0 Å². The highest BCUT2D eigenvalue weighted by atomic mass is 32.2. The van der Waals surface area contributed by atoms with Crippen molar-refractivity contribution in [3.05, 3.63) is 83.9 Å². The number of hydrogen-bond donors (Lipinski definition) is 2. The van der Waals surface area contributed by atoms with Crippen LogP contribution in [0, 0.1) is 6.92 Å². The molecular weight excluding hydrogens is 376 g/mol. The van der Waals surface area contributed by atoms with Gasteiger partial charge in [-0.2, -0.15) is 0 Å². The van der Waals surface area contributed by atoms with Crippen LogP contribution >= 0.6 is 0 Å². The van der Waals surface area contributed by atoms with Gasteiger partial charge in [-0.15, -0.1) is 0 Å². The molecule has 3 aromatic carbocycles. The number of benzene rings is 3. The predicted octanol–water partition coefficient (Wildman–Crippen LogP) is 4.33. The summed E-state index contributed by atoms with van der Waals surface area (Å²) in [5, 5.41) is 3.19. The number of carbonyl (C=O) groups is 1. The third-order valence-electron chi connectivity index (χ3n) is 4.06. The van der Waals surface area contributed by atoms with Gasteiger partial charge in [0, 0.05) is 17.1 Å². The van der Waals surface area contributed by atoms with E-state index in [-0.39, 0.29) is 4.90 Å². The highest BCUT2D eigenvalue weighted by Gasteiger charge is 2.13. The van der Waals surface area contributed by atoms with Gasteiger partial charge in [-0.3, -0.25) is 4.72 Å². The molecule has 0 aromatic heterocycles. The van der Waals surface area contributed by atoms with Crippen molar-refractivity contribution < 1.29 is 17.9 Å². The van der Waals surface area contributed by atoms with Gasteiger partial charge in [-0.1, -0.05) is 17.7 Å². The highest BCUT2D eigenvalue weighted by molar-refractivity contribution is 7.92. The molecule has 0 spiro atoms. The molecule has 0 saturated carbocycles. The molecule has 0 atom stereocenters. The van der Waals surface area contributed by atoms with E-state index >= 15 is 0 Å². The number of anilines is 3. The fourth-order valence-electron chi connectivity index (χ4n) is 2.53. The molecule has 6 nitrogen and oxygen atoms in total. The molecule has 7 heteroatoms. The Labute approximate surface area is 164 Å². The zero-order valence-corrected chi connectivity index (χ0v) is 16.3. The van der Waals surface area contributed by atoms with Gasteiger partial charge in [-0.05, 0) is 67.6 Å². The molecule has 0 aliphatic heterocycles. The first kappa shape index (κ1) is 19.4. The van der Waals surface area contributed by atoms with E-state index in [4.69, 9.17) is 0 Å². The lowest BCUT2D eigenvalue weighted by Crippen LogP contribution is -2.12. The van der Waals surface area contributed by atoms with Crippen LogP contribution < -0.4 is 10.0 Å². The molecule has 0 aliphatic rings. The lowest BCUT2D eigenvalue weighted by molar-refractivity contribution is 0.0600. The molecule has 2 N–H and O–H groups in total. The Balaban J connectivity index is 1.68. The first-order valence-electron chi connectivity index (χ1n) is 8.52. The standard InChI is InChI=1S/C21H20N2O4S/c1-15-3-13-20(14-4-15)28(25,26)23-19-11-9-18(10-12-19)22-17-7-5-16(6-8-17)21(24)27-2/h3-14,22-23H,1-2H3. The van der Waals surface area contributed by atoms with Gasteiger partial charge in [0.2, 0.25) is 0 Å². The van der Waals surface area contributed by atoms with Gasteiger partial charge in [0.1, 0.15) is 0 Å². The van der Waals surface area contributed by atoms with Crippen LogP contribution in [0.1, 0.15) is 15.9 Å². The van der Waals surface area contributed by atoms with Crippen LogP contribution in [0.3, 0.4) is 0 Å². The summed E-state index contributed by atoms with van der Waals surface area (Å²) in [6.07, 6.45) is 0. The summed E-state index contributed by atoms with van der Waals surface area (Å²) in [5.41, 5.74) is 3.50. The van der Waals surface area contributed by atoms with Gasteiger partial charge in [0.25, 0.3) is 10.0 Å². The second kappa shape index (κ2) is 8.14. The predicted molar refractivity (Wildman–Crippen MR) is 109 cm³/mol. The van der Waals surface area contributed by atoms with Crippen molar-refractivity contribution in [2.24, 2.45) is 0 Å². The molecule has 3 aromatic rings. The average molecular weight is 396 g/mol. The van der Waals surface area contributed by atoms with E-state index in [0.717, 1.165) is 16.9 Å². The second-order valence-electron chi connectivity index (χ2n) is 6.19. The summed E-state index contributed by atoms with van der Waals surface area (Å²) in [7, 11) is -2.30. The number of rotatable bonds is 6. The topological polar surface area (TPSA) is 84.5 Å². The van der Waals surface area contributed by atoms with Gasteiger partial charge in [0.05, 0.1) is 17.6 Å². The minimum Gasteiger partial charge on any atom is -0.465 e. The maximum Gasteiger partial charge on any atom is 0.337 e. The van der Waals surface area contributed by atoms with Crippen LogP contribution in [-0.4, -0.2) is 21.5 Å². The van der Waals surface area contributed by atoms with Gasteiger partial charge in [-0.25, -0.2) is 13.2 Å². The number of methoxy groups -OCH3 is 1. The number of esters is 1. The Morgan fingerprint density at radius 2 is 1.29 bits per heavy atom. The summed E-state index contributed by atoms with van der Waals surface area (Å²) in [4.78, 5) is 11.7. The Bertz CT molecular complexity index is 1060. The maximum absolute atomic E-state index is 12.4. The third-order valence-corrected chi connectivity index (χ3v) is 5.46. The summed E-state index contributed by atoms with van der Waals surface area (Å²) < 4.78 is 32.1. The maximum atomic E-state index is 12.4. The molecule has 0 amide bonds. The zero-order chi connectivity index (χ0) is 20.1. The van der Waals surface area contributed by atoms with Crippen LogP contribution in [0.15, 0.2) is 77.7 Å². The summed E-state index contributed by atoms with van der Waals surface area (Å²) in [6.45, 7) is 1.90. The van der Waals surface area contributed by atoms with Crippen LogP contribution in [0.4, 0.5) is 17.1 Å². The Kier molecular flexibility index (Phi) is 5.65. The lowest BCUT2D eigenvalue weighted by atomic mass is 10.2. The highest BCUT2D eigenvalue weighted by Crippen LogP contribution is 2.22. The molecular formula is C21H20N2O4S.